The molecule has 0 saturated carbocycles. The van der Waals surface area contributed by atoms with E-state index in [4.69, 9.17) is 4.74 Å². The number of ether oxygens (including phenoxy) is 1. The van der Waals surface area contributed by atoms with E-state index in [0.717, 1.165) is 5.19 Å². The van der Waals surface area contributed by atoms with Crippen molar-refractivity contribution in [3.05, 3.63) is 29.8 Å². The van der Waals surface area contributed by atoms with E-state index >= 15 is 0 Å². The number of amides is 2. The van der Waals surface area contributed by atoms with Crippen LogP contribution in [0.4, 0.5) is 4.79 Å². The Bertz CT molecular complexity index is 560. The standard InChI is InChI=1S/C15H21NO3Si/c1-15(2,3)19-14(18)16-10-20(4,5)12-9-7-6-8-11(12)13(16)17/h6-9H,10H2,1-5H3. The number of carbonyl (C=O) groups excluding carboxylic acids is 2. The van der Waals surface area contributed by atoms with Crippen molar-refractivity contribution in [3.8, 4) is 0 Å². The highest BCUT2D eigenvalue weighted by atomic mass is 28.3. The minimum atomic E-state index is -1.85. The molecule has 1 heterocycles. The quantitative estimate of drug-likeness (QED) is 0.690. The van der Waals surface area contributed by atoms with Gasteiger partial charge in [-0.15, -0.1) is 0 Å². The van der Waals surface area contributed by atoms with E-state index in [-0.39, 0.29) is 5.91 Å². The molecule has 0 N–H and O–H groups in total. The van der Waals surface area contributed by atoms with Gasteiger partial charge in [-0.25, -0.2) is 9.69 Å². The van der Waals surface area contributed by atoms with Gasteiger partial charge in [0.15, 0.2) is 0 Å². The first-order chi connectivity index (χ1) is 9.12. The maximum Gasteiger partial charge on any atom is 0.417 e. The molecule has 0 bridgehead atoms. The summed E-state index contributed by atoms with van der Waals surface area (Å²) in [6.45, 7) is 9.73. The van der Waals surface area contributed by atoms with Crippen molar-refractivity contribution in [1.82, 2.24) is 4.90 Å². The Labute approximate surface area is 120 Å². The van der Waals surface area contributed by atoms with Gasteiger partial charge in [-0.1, -0.05) is 31.3 Å². The predicted molar refractivity (Wildman–Crippen MR) is 80.8 cm³/mol. The zero-order valence-electron chi connectivity index (χ0n) is 12.7. The minimum absolute atomic E-state index is 0.248. The van der Waals surface area contributed by atoms with Gasteiger partial charge in [0.1, 0.15) is 13.7 Å². The number of carbonyl (C=O) groups is 2. The predicted octanol–water partition coefficient (Wildman–Crippen LogP) is 2.53. The number of nitrogens with zero attached hydrogens (tertiary/aromatic N) is 1. The highest BCUT2D eigenvalue weighted by Crippen LogP contribution is 2.20. The van der Waals surface area contributed by atoms with E-state index in [1.54, 1.807) is 26.8 Å². The Kier molecular flexibility index (Phi) is 3.50. The second-order valence-electron chi connectivity index (χ2n) is 6.80. The van der Waals surface area contributed by atoms with E-state index in [9.17, 15) is 9.59 Å². The first kappa shape index (κ1) is 14.8. The number of imide groups is 1. The lowest BCUT2D eigenvalue weighted by Crippen LogP contribution is -2.62. The van der Waals surface area contributed by atoms with E-state index in [0.29, 0.717) is 11.7 Å². The van der Waals surface area contributed by atoms with Crippen LogP contribution in [0, 0.1) is 0 Å². The molecule has 1 aromatic rings. The van der Waals surface area contributed by atoms with Crippen molar-refractivity contribution in [3.63, 3.8) is 0 Å². The molecule has 0 radical (unpaired) electrons. The summed E-state index contributed by atoms with van der Waals surface area (Å²) >= 11 is 0. The van der Waals surface area contributed by atoms with Crippen LogP contribution in [0.15, 0.2) is 24.3 Å². The lowest BCUT2D eigenvalue weighted by atomic mass is 10.2. The fourth-order valence-corrected chi connectivity index (χ4v) is 5.12. The van der Waals surface area contributed by atoms with Crippen molar-refractivity contribution in [2.75, 3.05) is 6.17 Å². The third kappa shape index (κ3) is 2.77. The molecule has 20 heavy (non-hydrogen) atoms. The maximum absolute atomic E-state index is 12.5. The number of hydrogen-bond acceptors (Lipinski definition) is 3. The topological polar surface area (TPSA) is 46.6 Å². The summed E-state index contributed by atoms with van der Waals surface area (Å²) in [6.07, 6.45) is -0.0739. The van der Waals surface area contributed by atoms with Crippen molar-refractivity contribution >= 4 is 25.3 Å². The van der Waals surface area contributed by atoms with Crippen LogP contribution in [0.5, 0.6) is 0 Å². The summed E-state index contributed by atoms with van der Waals surface area (Å²) in [7, 11) is -1.85. The normalized spacial score (nSPS) is 17.6. The van der Waals surface area contributed by atoms with Gasteiger partial charge in [0.25, 0.3) is 5.91 Å². The number of rotatable bonds is 0. The lowest BCUT2D eigenvalue weighted by Gasteiger charge is -2.37. The summed E-state index contributed by atoms with van der Waals surface area (Å²) in [4.78, 5) is 26.0. The van der Waals surface area contributed by atoms with Gasteiger partial charge in [-0.2, -0.15) is 0 Å². The molecular formula is C15H21NO3Si. The van der Waals surface area contributed by atoms with Gasteiger partial charge >= 0.3 is 6.09 Å². The summed E-state index contributed by atoms with van der Waals surface area (Å²) < 4.78 is 5.34. The SMILES string of the molecule is CC(C)(C)OC(=O)N1C[Si](C)(C)c2ccccc2C1=O. The van der Waals surface area contributed by atoms with Crippen LogP contribution in [0.1, 0.15) is 31.1 Å². The van der Waals surface area contributed by atoms with Crippen LogP contribution in [0.2, 0.25) is 13.1 Å². The molecule has 1 aromatic carbocycles. The maximum atomic E-state index is 12.5. The van der Waals surface area contributed by atoms with Crippen LogP contribution in [0.25, 0.3) is 0 Å². The number of fused-ring (bicyclic) bond motifs is 1. The zero-order valence-corrected chi connectivity index (χ0v) is 13.7. The molecule has 0 fully saturated rings. The Morgan fingerprint density at radius 3 is 2.45 bits per heavy atom. The average molecular weight is 291 g/mol. The van der Waals surface area contributed by atoms with Crippen molar-refractivity contribution in [2.24, 2.45) is 0 Å². The Balaban J connectivity index is 2.36. The smallest absolute Gasteiger partial charge is 0.417 e. The van der Waals surface area contributed by atoms with Crippen molar-refractivity contribution in [2.45, 2.75) is 39.5 Å². The van der Waals surface area contributed by atoms with Crippen molar-refractivity contribution in [1.29, 1.82) is 0 Å². The molecular weight excluding hydrogens is 270 g/mol. The van der Waals surface area contributed by atoms with E-state index in [1.807, 2.05) is 18.2 Å². The first-order valence-corrected chi connectivity index (χ1v) is 9.97. The van der Waals surface area contributed by atoms with Crippen LogP contribution in [0.3, 0.4) is 0 Å². The van der Waals surface area contributed by atoms with Crippen LogP contribution >= 0.6 is 0 Å². The molecule has 0 atom stereocenters. The van der Waals surface area contributed by atoms with E-state index in [1.165, 1.54) is 4.90 Å². The number of hydrogen-bond donors (Lipinski definition) is 0. The van der Waals surface area contributed by atoms with Gasteiger partial charge in [0, 0.05) is 11.7 Å². The van der Waals surface area contributed by atoms with Crippen LogP contribution in [-0.4, -0.2) is 36.7 Å². The van der Waals surface area contributed by atoms with Crippen LogP contribution in [-0.2, 0) is 4.74 Å². The fraction of sp³-hybridized carbons (Fsp3) is 0.467. The average Bonchev–Trinajstić information content (AvgIpc) is 2.32. The van der Waals surface area contributed by atoms with Gasteiger partial charge in [-0.3, -0.25) is 4.79 Å². The summed E-state index contributed by atoms with van der Waals surface area (Å²) in [5.41, 5.74) is 0.0429. The van der Waals surface area contributed by atoms with E-state index < -0.39 is 19.8 Å². The summed E-state index contributed by atoms with van der Waals surface area (Å²) in [5.74, 6) is -0.248. The van der Waals surface area contributed by atoms with E-state index in [2.05, 4.69) is 13.1 Å². The van der Waals surface area contributed by atoms with Gasteiger partial charge in [0.05, 0.1) is 0 Å². The second kappa shape index (κ2) is 4.73. The summed E-state index contributed by atoms with van der Waals surface area (Å²) in [5, 5.41) is 1.12. The molecule has 5 heteroatoms. The fourth-order valence-electron chi connectivity index (χ4n) is 2.42. The monoisotopic (exact) mass is 291 g/mol. The Hall–Kier alpha value is -1.62. The molecule has 0 aliphatic carbocycles. The lowest BCUT2D eigenvalue weighted by molar-refractivity contribution is 0.0265. The Morgan fingerprint density at radius 2 is 1.85 bits per heavy atom. The number of benzene rings is 1. The molecule has 0 saturated heterocycles. The molecule has 108 valence electrons. The van der Waals surface area contributed by atoms with Gasteiger partial charge in [-0.05, 0) is 32.0 Å². The molecule has 0 unspecified atom stereocenters. The zero-order chi connectivity index (χ0) is 15.1. The third-order valence-corrected chi connectivity index (χ3v) is 6.30. The van der Waals surface area contributed by atoms with Gasteiger partial charge < -0.3 is 4.74 Å². The molecule has 1 aliphatic rings. The minimum Gasteiger partial charge on any atom is -0.443 e. The Morgan fingerprint density at radius 1 is 1.25 bits per heavy atom. The highest BCUT2D eigenvalue weighted by Gasteiger charge is 2.41. The van der Waals surface area contributed by atoms with Crippen LogP contribution < -0.4 is 5.19 Å². The molecule has 0 aromatic heterocycles. The molecule has 2 amide bonds. The van der Waals surface area contributed by atoms with Crippen molar-refractivity contribution < 1.29 is 14.3 Å². The summed E-state index contributed by atoms with van der Waals surface area (Å²) in [6, 6.07) is 7.58. The molecule has 2 rings (SSSR count). The van der Waals surface area contributed by atoms with Gasteiger partial charge in [0.2, 0.25) is 0 Å². The third-order valence-electron chi connectivity index (χ3n) is 3.30. The molecule has 1 aliphatic heterocycles. The first-order valence-electron chi connectivity index (χ1n) is 6.76. The largest absolute Gasteiger partial charge is 0.443 e. The highest BCUT2D eigenvalue weighted by molar-refractivity contribution is 6.91. The molecule has 4 nitrogen and oxygen atoms in total. The second-order valence-corrected chi connectivity index (χ2v) is 11.4. The molecule has 0 spiro atoms.